The molecule has 0 fully saturated rings. The summed E-state index contributed by atoms with van der Waals surface area (Å²) >= 11 is 0. The molecule has 170 valence electrons. The van der Waals surface area contributed by atoms with E-state index in [1.165, 1.54) is 17.5 Å². The normalized spacial score (nSPS) is 11.6. The molecule has 0 aliphatic heterocycles. The summed E-state index contributed by atoms with van der Waals surface area (Å²) in [5.41, 5.74) is 0. The summed E-state index contributed by atoms with van der Waals surface area (Å²) in [5, 5.41) is 0. The number of nitrogens with zero attached hydrogens (tertiary/aromatic N) is 7. The zero-order chi connectivity index (χ0) is 21.9. The van der Waals surface area contributed by atoms with Crippen LogP contribution in [0.25, 0.3) is 0 Å². The molecule has 0 spiro atoms. The smallest absolute Gasteiger partial charge is 0.108 e. The summed E-state index contributed by atoms with van der Waals surface area (Å²) in [6.45, 7) is 13.0. The van der Waals surface area contributed by atoms with Crippen LogP contribution in [0.5, 0.6) is 0 Å². The van der Waals surface area contributed by atoms with E-state index in [-0.39, 0.29) is 0 Å². The Morgan fingerprint density at radius 3 is 1.19 bits per heavy atom. The van der Waals surface area contributed by atoms with Gasteiger partial charge >= 0.3 is 0 Å². The second-order valence-electron chi connectivity index (χ2n) is 8.07. The number of aromatic nitrogens is 6. The Bertz CT molecular complexity index is 761. The molecule has 0 atom stereocenters. The molecule has 0 aliphatic carbocycles. The molecule has 0 unspecified atom stereocenters. The number of imidazole rings is 3. The van der Waals surface area contributed by atoms with Gasteiger partial charge in [-0.25, -0.2) is 15.0 Å². The van der Waals surface area contributed by atoms with Crippen molar-refractivity contribution in [2.45, 2.75) is 78.9 Å². The van der Waals surface area contributed by atoms with Crippen molar-refractivity contribution in [1.82, 2.24) is 33.6 Å². The molecule has 0 amide bonds. The predicted octanol–water partition coefficient (Wildman–Crippen LogP) is 3.84. The molecule has 7 nitrogen and oxygen atoms in total. The molecule has 7 heteroatoms. The van der Waals surface area contributed by atoms with Crippen LogP contribution in [0.4, 0.5) is 0 Å². The van der Waals surface area contributed by atoms with Crippen molar-refractivity contribution < 1.29 is 0 Å². The van der Waals surface area contributed by atoms with Crippen LogP contribution < -0.4 is 0 Å². The van der Waals surface area contributed by atoms with Crippen molar-refractivity contribution in [2.24, 2.45) is 0 Å². The van der Waals surface area contributed by atoms with E-state index < -0.39 is 0 Å². The second-order valence-corrected chi connectivity index (χ2v) is 8.07. The highest BCUT2D eigenvalue weighted by Crippen LogP contribution is 2.07. The Morgan fingerprint density at radius 1 is 0.581 bits per heavy atom. The van der Waals surface area contributed by atoms with Gasteiger partial charge in [0.1, 0.15) is 17.5 Å². The topological polar surface area (TPSA) is 56.7 Å². The van der Waals surface area contributed by atoms with Gasteiger partial charge in [0.05, 0.1) is 0 Å². The maximum atomic E-state index is 4.45. The summed E-state index contributed by atoms with van der Waals surface area (Å²) < 4.78 is 6.91. The minimum Gasteiger partial charge on any atom is -0.335 e. The molecule has 0 aromatic carbocycles. The molecule has 3 aromatic rings. The molecule has 3 aromatic heterocycles. The fourth-order valence-electron chi connectivity index (χ4n) is 4.30. The Balaban J connectivity index is 1.49. The first-order valence-corrected chi connectivity index (χ1v) is 12.0. The third-order valence-electron chi connectivity index (χ3n) is 5.97. The molecule has 3 rings (SSSR count). The van der Waals surface area contributed by atoms with Gasteiger partial charge in [0.25, 0.3) is 0 Å². The van der Waals surface area contributed by atoms with Gasteiger partial charge in [0, 0.05) is 76.1 Å². The lowest BCUT2D eigenvalue weighted by atomic mass is 10.2. The van der Waals surface area contributed by atoms with Gasteiger partial charge in [-0.2, -0.15) is 0 Å². The SMILES string of the molecule is CCc1nccn1CCCN(CCCn1ccnc1CC)CCCn1ccnc1CC. The van der Waals surface area contributed by atoms with Gasteiger partial charge < -0.3 is 18.6 Å². The van der Waals surface area contributed by atoms with Gasteiger partial charge in [-0.05, 0) is 38.9 Å². The maximum absolute atomic E-state index is 4.45. The molecular weight excluding hydrogens is 386 g/mol. The van der Waals surface area contributed by atoms with Crippen molar-refractivity contribution in [2.75, 3.05) is 19.6 Å². The maximum Gasteiger partial charge on any atom is 0.108 e. The van der Waals surface area contributed by atoms with E-state index >= 15 is 0 Å². The van der Waals surface area contributed by atoms with E-state index in [2.05, 4.69) is 72.9 Å². The van der Waals surface area contributed by atoms with Crippen LogP contribution in [-0.4, -0.2) is 53.2 Å². The highest BCUT2D eigenvalue weighted by molar-refractivity contribution is 4.93. The van der Waals surface area contributed by atoms with Crippen LogP contribution in [-0.2, 0) is 38.9 Å². The van der Waals surface area contributed by atoms with Gasteiger partial charge in [0.15, 0.2) is 0 Å². The van der Waals surface area contributed by atoms with Crippen molar-refractivity contribution in [3.8, 4) is 0 Å². The largest absolute Gasteiger partial charge is 0.335 e. The molecule has 0 saturated carbocycles. The molecule has 0 N–H and O–H groups in total. The number of hydrogen-bond donors (Lipinski definition) is 0. The molecule has 0 radical (unpaired) electrons. The predicted molar refractivity (Wildman–Crippen MR) is 125 cm³/mol. The quantitative estimate of drug-likeness (QED) is 0.371. The lowest BCUT2D eigenvalue weighted by molar-refractivity contribution is 0.249. The third kappa shape index (κ3) is 6.79. The monoisotopic (exact) mass is 425 g/mol. The standard InChI is InChI=1S/C24H39N7/c1-4-22-25-10-19-29(22)16-7-13-28(14-8-17-30-20-11-26-23(30)5-2)15-9-18-31-21-12-27-24(31)6-3/h10-12,19-21H,4-9,13-18H2,1-3H3. The van der Waals surface area contributed by atoms with E-state index in [0.717, 1.165) is 77.8 Å². The number of rotatable bonds is 15. The third-order valence-corrected chi connectivity index (χ3v) is 5.97. The summed E-state index contributed by atoms with van der Waals surface area (Å²) in [6.07, 6.45) is 18.5. The van der Waals surface area contributed by atoms with E-state index in [0.29, 0.717) is 0 Å². The molecule has 0 bridgehead atoms. The van der Waals surface area contributed by atoms with E-state index in [9.17, 15) is 0 Å². The zero-order valence-corrected chi connectivity index (χ0v) is 19.6. The number of hydrogen-bond acceptors (Lipinski definition) is 4. The molecule has 0 aliphatic rings. The van der Waals surface area contributed by atoms with Gasteiger partial charge in [-0.1, -0.05) is 20.8 Å². The zero-order valence-electron chi connectivity index (χ0n) is 19.6. The summed E-state index contributed by atoms with van der Waals surface area (Å²) in [6, 6.07) is 0. The Hall–Kier alpha value is -2.41. The van der Waals surface area contributed by atoms with Gasteiger partial charge in [-0.15, -0.1) is 0 Å². The summed E-state index contributed by atoms with van der Waals surface area (Å²) in [7, 11) is 0. The van der Waals surface area contributed by atoms with E-state index in [4.69, 9.17) is 0 Å². The Morgan fingerprint density at radius 2 is 0.903 bits per heavy atom. The van der Waals surface area contributed by atoms with E-state index in [1.807, 2.05) is 18.6 Å². The summed E-state index contributed by atoms with van der Waals surface area (Å²) in [5.74, 6) is 3.56. The first kappa shape index (κ1) is 23.3. The first-order chi connectivity index (χ1) is 15.2. The van der Waals surface area contributed by atoms with Crippen LogP contribution in [0.15, 0.2) is 37.2 Å². The lowest BCUT2D eigenvalue weighted by Gasteiger charge is -2.23. The van der Waals surface area contributed by atoms with Gasteiger partial charge in [-0.3, -0.25) is 0 Å². The number of aryl methyl sites for hydroxylation is 6. The van der Waals surface area contributed by atoms with E-state index in [1.54, 1.807) is 0 Å². The second kappa shape index (κ2) is 12.4. The van der Waals surface area contributed by atoms with Crippen molar-refractivity contribution in [3.05, 3.63) is 54.7 Å². The molecular formula is C24H39N7. The highest BCUT2D eigenvalue weighted by atomic mass is 15.1. The lowest BCUT2D eigenvalue weighted by Crippen LogP contribution is -2.29. The van der Waals surface area contributed by atoms with Crippen LogP contribution >= 0.6 is 0 Å². The van der Waals surface area contributed by atoms with Crippen molar-refractivity contribution in [1.29, 1.82) is 0 Å². The average molecular weight is 426 g/mol. The average Bonchev–Trinajstić information content (AvgIpc) is 3.53. The molecule has 31 heavy (non-hydrogen) atoms. The minimum atomic E-state index is 0.992. The Kier molecular flexibility index (Phi) is 9.34. The highest BCUT2D eigenvalue weighted by Gasteiger charge is 2.08. The van der Waals surface area contributed by atoms with Crippen LogP contribution in [0.3, 0.4) is 0 Å². The van der Waals surface area contributed by atoms with Gasteiger partial charge in [0.2, 0.25) is 0 Å². The van der Waals surface area contributed by atoms with Crippen LogP contribution in [0, 0.1) is 0 Å². The van der Waals surface area contributed by atoms with Crippen LogP contribution in [0.2, 0.25) is 0 Å². The van der Waals surface area contributed by atoms with Crippen molar-refractivity contribution in [3.63, 3.8) is 0 Å². The fourth-order valence-corrected chi connectivity index (χ4v) is 4.30. The molecule has 3 heterocycles. The molecule has 0 saturated heterocycles. The van der Waals surface area contributed by atoms with Crippen LogP contribution in [0.1, 0.15) is 57.5 Å². The first-order valence-electron chi connectivity index (χ1n) is 12.0. The summed E-state index contributed by atoms with van der Waals surface area (Å²) in [4.78, 5) is 16.0. The van der Waals surface area contributed by atoms with Crippen molar-refractivity contribution >= 4 is 0 Å². The minimum absolute atomic E-state index is 0.992. The fraction of sp³-hybridized carbons (Fsp3) is 0.625. The Labute approximate surface area is 187 Å².